The highest BCUT2D eigenvalue weighted by Crippen LogP contribution is 2.25. The van der Waals surface area contributed by atoms with Gasteiger partial charge in [0, 0.05) is 22.6 Å². The molecule has 1 N–H and O–H groups in total. The first-order valence-corrected chi connectivity index (χ1v) is 10.8. The minimum atomic E-state index is -0.212. The molecule has 5 heteroatoms. The Morgan fingerprint density at radius 3 is 2.69 bits per heavy atom. The number of hydrogen-bond donors (Lipinski definition) is 1. The zero-order chi connectivity index (χ0) is 20.5. The summed E-state index contributed by atoms with van der Waals surface area (Å²) in [6, 6.07) is 16.1. The van der Waals surface area contributed by atoms with Crippen molar-refractivity contribution in [2.75, 3.05) is 11.9 Å². The molecule has 150 valence electrons. The van der Waals surface area contributed by atoms with Gasteiger partial charge in [0.15, 0.2) is 5.13 Å². The summed E-state index contributed by atoms with van der Waals surface area (Å²) in [5.41, 5.74) is 4.09. The van der Waals surface area contributed by atoms with Crippen LogP contribution in [0.5, 0.6) is 5.75 Å². The van der Waals surface area contributed by atoms with Gasteiger partial charge in [-0.25, -0.2) is 4.98 Å². The molecule has 0 aliphatic rings. The van der Waals surface area contributed by atoms with E-state index in [2.05, 4.69) is 48.4 Å². The van der Waals surface area contributed by atoms with E-state index in [1.165, 1.54) is 23.0 Å². The van der Waals surface area contributed by atoms with E-state index in [4.69, 9.17) is 4.74 Å². The van der Waals surface area contributed by atoms with Gasteiger partial charge in [-0.15, -0.1) is 11.3 Å². The maximum Gasteiger partial charge on any atom is 0.250 e. The third-order valence-corrected chi connectivity index (χ3v) is 5.24. The second kappa shape index (κ2) is 10.6. The molecule has 0 spiro atoms. The zero-order valence-corrected chi connectivity index (χ0v) is 17.7. The topological polar surface area (TPSA) is 51.2 Å². The summed E-state index contributed by atoms with van der Waals surface area (Å²) in [5, 5.41) is 5.38. The number of ether oxygens (including phenoxy) is 1. The number of thiazole rings is 1. The average Bonchev–Trinajstić information content (AvgIpc) is 3.21. The molecule has 1 aromatic heterocycles. The Kier molecular flexibility index (Phi) is 7.59. The molecule has 0 aliphatic carbocycles. The number of nitrogens with zero attached hydrogens (tertiary/aromatic N) is 1. The number of carbonyl (C=O) groups is 1. The molecule has 0 bridgehead atoms. The van der Waals surface area contributed by atoms with Crippen LogP contribution < -0.4 is 10.1 Å². The first kappa shape index (κ1) is 20.8. The number of amides is 1. The van der Waals surface area contributed by atoms with Crippen LogP contribution in [0.3, 0.4) is 0 Å². The summed E-state index contributed by atoms with van der Waals surface area (Å²) in [6.07, 6.45) is 6.39. The lowest BCUT2D eigenvalue weighted by molar-refractivity contribution is -0.111. The van der Waals surface area contributed by atoms with Gasteiger partial charge in [0.1, 0.15) is 5.75 Å². The molecular weight excluding hydrogens is 380 g/mol. The van der Waals surface area contributed by atoms with Gasteiger partial charge in [-0.2, -0.15) is 0 Å². The molecule has 4 nitrogen and oxygen atoms in total. The fourth-order valence-electron chi connectivity index (χ4n) is 2.76. The first-order valence-electron chi connectivity index (χ1n) is 9.95. The summed E-state index contributed by atoms with van der Waals surface area (Å²) in [7, 11) is 0. The second-order valence-electron chi connectivity index (χ2n) is 6.65. The Morgan fingerprint density at radius 1 is 1.14 bits per heavy atom. The van der Waals surface area contributed by atoms with Crippen molar-refractivity contribution in [3.63, 3.8) is 0 Å². The number of benzene rings is 2. The molecule has 2 aromatic carbocycles. The van der Waals surface area contributed by atoms with Gasteiger partial charge in [0.05, 0.1) is 12.3 Å². The van der Waals surface area contributed by atoms with Gasteiger partial charge in [-0.1, -0.05) is 62.7 Å². The van der Waals surface area contributed by atoms with Crippen molar-refractivity contribution in [2.45, 2.75) is 33.1 Å². The Morgan fingerprint density at radius 2 is 1.93 bits per heavy atom. The quantitative estimate of drug-likeness (QED) is 0.340. The molecule has 1 amide bonds. The minimum absolute atomic E-state index is 0.212. The Balaban J connectivity index is 1.62. The number of nitrogens with one attached hydrogen (secondary N) is 1. The summed E-state index contributed by atoms with van der Waals surface area (Å²) in [5.74, 6) is 0.577. The van der Waals surface area contributed by atoms with Crippen molar-refractivity contribution in [1.82, 2.24) is 4.98 Å². The van der Waals surface area contributed by atoms with Gasteiger partial charge in [-0.05, 0) is 30.5 Å². The van der Waals surface area contributed by atoms with E-state index in [1.807, 2.05) is 29.6 Å². The first-order chi connectivity index (χ1) is 14.2. The largest absolute Gasteiger partial charge is 0.493 e. The number of para-hydroxylation sites is 1. The number of rotatable bonds is 9. The number of unbranched alkanes of at least 4 members (excludes halogenated alkanes) is 1. The highest BCUT2D eigenvalue weighted by Gasteiger charge is 2.07. The molecular formula is C24H26N2O2S. The Hall–Kier alpha value is -2.92. The van der Waals surface area contributed by atoms with E-state index >= 15 is 0 Å². The van der Waals surface area contributed by atoms with Crippen molar-refractivity contribution in [3.05, 3.63) is 71.1 Å². The number of carbonyl (C=O) groups excluding carboxylic acids is 1. The van der Waals surface area contributed by atoms with Crippen LogP contribution in [-0.2, 0) is 11.2 Å². The zero-order valence-electron chi connectivity index (χ0n) is 16.9. The fraction of sp³-hybridized carbons (Fsp3) is 0.250. The van der Waals surface area contributed by atoms with Gasteiger partial charge in [-0.3, -0.25) is 10.1 Å². The van der Waals surface area contributed by atoms with E-state index in [0.717, 1.165) is 41.8 Å². The van der Waals surface area contributed by atoms with Crippen LogP contribution in [0.25, 0.3) is 17.3 Å². The minimum Gasteiger partial charge on any atom is -0.493 e. The summed E-state index contributed by atoms with van der Waals surface area (Å²) >= 11 is 1.42. The monoisotopic (exact) mass is 406 g/mol. The number of anilines is 1. The van der Waals surface area contributed by atoms with Crippen molar-refractivity contribution in [2.24, 2.45) is 0 Å². The molecule has 0 aliphatic heterocycles. The third kappa shape index (κ3) is 6.03. The third-order valence-electron chi connectivity index (χ3n) is 4.48. The van der Waals surface area contributed by atoms with E-state index in [9.17, 15) is 4.79 Å². The van der Waals surface area contributed by atoms with Crippen LogP contribution in [0.1, 0.15) is 37.8 Å². The van der Waals surface area contributed by atoms with Gasteiger partial charge >= 0.3 is 0 Å². The van der Waals surface area contributed by atoms with Crippen LogP contribution in [-0.4, -0.2) is 17.5 Å². The van der Waals surface area contributed by atoms with Crippen molar-refractivity contribution in [3.8, 4) is 17.0 Å². The van der Waals surface area contributed by atoms with Crippen LogP contribution in [0.2, 0.25) is 0 Å². The highest BCUT2D eigenvalue weighted by molar-refractivity contribution is 7.14. The SMILES string of the molecule is CCCCOc1ccccc1C=CC(=O)Nc1nc(-c2ccc(CC)cc2)cs1. The lowest BCUT2D eigenvalue weighted by Gasteiger charge is -2.08. The maximum absolute atomic E-state index is 12.3. The van der Waals surface area contributed by atoms with Gasteiger partial charge in [0.25, 0.3) is 0 Å². The number of hydrogen-bond acceptors (Lipinski definition) is 4. The molecule has 3 aromatic rings. The Labute approximate surface area is 176 Å². The van der Waals surface area contributed by atoms with E-state index in [0.29, 0.717) is 11.7 Å². The maximum atomic E-state index is 12.3. The summed E-state index contributed by atoms with van der Waals surface area (Å²) in [4.78, 5) is 16.8. The fourth-order valence-corrected chi connectivity index (χ4v) is 3.49. The van der Waals surface area contributed by atoms with Crippen LogP contribution in [0.15, 0.2) is 60.0 Å². The van der Waals surface area contributed by atoms with Gasteiger partial charge in [0.2, 0.25) is 5.91 Å². The molecule has 0 saturated carbocycles. The van der Waals surface area contributed by atoms with Crippen molar-refractivity contribution < 1.29 is 9.53 Å². The highest BCUT2D eigenvalue weighted by atomic mass is 32.1. The van der Waals surface area contributed by atoms with Crippen molar-refractivity contribution >= 4 is 28.5 Å². The van der Waals surface area contributed by atoms with Crippen LogP contribution >= 0.6 is 11.3 Å². The van der Waals surface area contributed by atoms with Crippen molar-refractivity contribution in [1.29, 1.82) is 0 Å². The normalized spacial score (nSPS) is 11.0. The van der Waals surface area contributed by atoms with E-state index in [1.54, 1.807) is 6.08 Å². The molecule has 0 radical (unpaired) electrons. The summed E-state index contributed by atoms with van der Waals surface area (Å²) < 4.78 is 5.80. The van der Waals surface area contributed by atoms with E-state index < -0.39 is 0 Å². The average molecular weight is 407 g/mol. The molecule has 0 unspecified atom stereocenters. The van der Waals surface area contributed by atoms with Crippen LogP contribution in [0, 0.1) is 0 Å². The van der Waals surface area contributed by atoms with E-state index in [-0.39, 0.29) is 5.91 Å². The summed E-state index contributed by atoms with van der Waals surface area (Å²) in [6.45, 7) is 4.94. The molecule has 0 atom stereocenters. The lowest BCUT2D eigenvalue weighted by atomic mass is 10.1. The molecule has 1 heterocycles. The predicted octanol–water partition coefficient (Wildman–Crippen LogP) is 6.20. The smallest absolute Gasteiger partial charge is 0.250 e. The number of aryl methyl sites for hydroxylation is 1. The standard InChI is InChI=1S/C24H26N2O2S/c1-3-5-16-28-22-9-7-6-8-20(22)14-15-23(27)26-24-25-21(17-29-24)19-12-10-18(4-2)11-13-19/h6-15,17H,3-5,16H2,1-2H3,(H,25,26,27). The van der Waals surface area contributed by atoms with Gasteiger partial charge < -0.3 is 4.74 Å². The Bertz CT molecular complexity index is 961. The molecule has 0 saturated heterocycles. The molecule has 3 rings (SSSR count). The lowest BCUT2D eigenvalue weighted by Crippen LogP contribution is -2.07. The molecule has 29 heavy (non-hydrogen) atoms. The predicted molar refractivity (Wildman–Crippen MR) is 121 cm³/mol. The van der Waals surface area contributed by atoms with Crippen LogP contribution in [0.4, 0.5) is 5.13 Å². The second-order valence-corrected chi connectivity index (χ2v) is 7.51. The number of aromatic nitrogens is 1. The molecule has 0 fully saturated rings.